The van der Waals surface area contributed by atoms with Crippen molar-refractivity contribution >= 4 is 23.4 Å². The van der Waals surface area contributed by atoms with Crippen LogP contribution in [0, 0.1) is 5.92 Å². The zero-order chi connectivity index (χ0) is 16.9. The highest BCUT2D eigenvalue weighted by molar-refractivity contribution is 6.30. The number of piperidine rings is 1. The van der Waals surface area contributed by atoms with Crippen molar-refractivity contribution in [2.24, 2.45) is 5.92 Å². The fraction of sp³-hybridized carbons (Fsp3) is 0.579. The lowest BCUT2D eigenvalue weighted by Gasteiger charge is -2.34. The van der Waals surface area contributed by atoms with Gasteiger partial charge in [0.15, 0.2) is 0 Å². The van der Waals surface area contributed by atoms with Crippen LogP contribution in [0.4, 0.5) is 0 Å². The minimum absolute atomic E-state index is 0.00744. The standard InChI is InChI=1S/C19H25ClN2O2/c20-17-7-3-5-15(13-17)8-9-18(23)22-12-4-6-16(14-22)19(24)21-10-1-2-11-21/h3,5,7,13,16H,1-2,4,6,8-12,14H2/t16-/m0/s1. The van der Waals surface area contributed by atoms with Crippen molar-refractivity contribution in [1.82, 2.24) is 9.80 Å². The van der Waals surface area contributed by atoms with E-state index in [-0.39, 0.29) is 17.7 Å². The number of halogens is 1. The van der Waals surface area contributed by atoms with Crippen molar-refractivity contribution in [2.75, 3.05) is 26.2 Å². The smallest absolute Gasteiger partial charge is 0.227 e. The fourth-order valence-corrected chi connectivity index (χ4v) is 3.92. The Kier molecular flexibility index (Phi) is 5.77. The van der Waals surface area contributed by atoms with Gasteiger partial charge in [-0.05, 0) is 49.8 Å². The van der Waals surface area contributed by atoms with Gasteiger partial charge in [0.2, 0.25) is 11.8 Å². The van der Waals surface area contributed by atoms with E-state index in [1.807, 2.05) is 34.1 Å². The molecule has 0 radical (unpaired) electrons. The second kappa shape index (κ2) is 8.02. The molecule has 5 heteroatoms. The molecule has 0 N–H and O–H groups in total. The molecular weight excluding hydrogens is 324 g/mol. The van der Waals surface area contributed by atoms with Crippen molar-refractivity contribution in [2.45, 2.75) is 38.5 Å². The molecule has 4 nitrogen and oxygen atoms in total. The van der Waals surface area contributed by atoms with E-state index in [0.717, 1.165) is 50.9 Å². The number of aryl methyl sites for hydroxylation is 1. The molecular formula is C19H25ClN2O2. The molecule has 0 aromatic heterocycles. The second-order valence-electron chi connectivity index (χ2n) is 6.84. The summed E-state index contributed by atoms with van der Waals surface area (Å²) >= 11 is 5.99. The zero-order valence-electron chi connectivity index (χ0n) is 14.0. The number of amides is 2. The van der Waals surface area contributed by atoms with Crippen molar-refractivity contribution in [1.29, 1.82) is 0 Å². The van der Waals surface area contributed by atoms with E-state index in [2.05, 4.69) is 0 Å². The van der Waals surface area contributed by atoms with E-state index in [0.29, 0.717) is 24.4 Å². The molecule has 130 valence electrons. The van der Waals surface area contributed by atoms with E-state index < -0.39 is 0 Å². The van der Waals surface area contributed by atoms with E-state index in [4.69, 9.17) is 11.6 Å². The number of carbonyl (C=O) groups excluding carboxylic acids is 2. The quantitative estimate of drug-likeness (QED) is 0.838. The molecule has 2 saturated heterocycles. The Morgan fingerprint density at radius 3 is 2.58 bits per heavy atom. The van der Waals surface area contributed by atoms with Crippen LogP contribution in [0.15, 0.2) is 24.3 Å². The molecule has 0 spiro atoms. The molecule has 3 rings (SSSR count). The summed E-state index contributed by atoms with van der Waals surface area (Å²) < 4.78 is 0. The SMILES string of the molecule is O=C(CCc1cccc(Cl)c1)N1CCC[C@H](C(=O)N2CCCC2)C1. The zero-order valence-corrected chi connectivity index (χ0v) is 14.8. The highest BCUT2D eigenvalue weighted by atomic mass is 35.5. The highest BCUT2D eigenvalue weighted by Gasteiger charge is 2.31. The van der Waals surface area contributed by atoms with Crippen LogP contribution in [-0.4, -0.2) is 47.8 Å². The summed E-state index contributed by atoms with van der Waals surface area (Å²) in [6.07, 6.45) is 5.23. The lowest BCUT2D eigenvalue weighted by atomic mass is 9.96. The van der Waals surface area contributed by atoms with Gasteiger partial charge in [0, 0.05) is 37.6 Å². The van der Waals surface area contributed by atoms with Gasteiger partial charge in [-0.15, -0.1) is 0 Å². The number of hydrogen-bond acceptors (Lipinski definition) is 2. The third-order valence-electron chi connectivity index (χ3n) is 5.06. The van der Waals surface area contributed by atoms with Crippen molar-refractivity contribution in [3.63, 3.8) is 0 Å². The summed E-state index contributed by atoms with van der Waals surface area (Å²) in [6, 6.07) is 7.65. The van der Waals surface area contributed by atoms with Gasteiger partial charge in [-0.2, -0.15) is 0 Å². The van der Waals surface area contributed by atoms with Crippen LogP contribution in [0.25, 0.3) is 0 Å². The maximum atomic E-state index is 12.6. The van der Waals surface area contributed by atoms with Gasteiger partial charge in [0.05, 0.1) is 5.92 Å². The Labute approximate surface area is 148 Å². The molecule has 0 unspecified atom stereocenters. The molecule has 2 aliphatic heterocycles. The Morgan fingerprint density at radius 1 is 1.08 bits per heavy atom. The van der Waals surface area contributed by atoms with Gasteiger partial charge in [-0.1, -0.05) is 23.7 Å². The second-order valence-corrected chi connectivity index (χ2v) is 7.28. The van der Waals surface area contributed by atoms with E-state index in [1.165, 1.54) is 0 Å². The van der Waals surface area contributed by atoms with Crippen LogP contribution in [0.3, 0.4) is 0 Å². The Morgan fingerprint density at radius 2 is 1.83 bits per heavy atom. The first-order valence-corrected chi connectivity index (χ1v) is 9.32. The van der Waals surface area contributed by atoms with Crippen LogP contribution in [0.1, 0.15) is 37.7 Å². The van der Waals surface area contributed by atoms with E-state index in [1.54, 1.807) is 0 Å². The van der Waals surface area contributed by atoms with E-state index >= 15 is 0 Å². The van der Waals surface area contributed by atoms with Crippen molar-refractivity contribution in [3.05, 3.63) is 34.9 Å². The van der Waals surface area contributed by atoms with Crippen LogP contribution in [0.5, 0.6) is 0 Å². The number of rotatable bonds is 4. The molecule has 24 heavy (non-hydrogen) atoms. The maximum absolute atomic E-state index is 12.6. The first-order chi connectivity index (χ1) is 11.6. The summed E-state index contributed by atoms with van der Waals surface area (Å²) in [6.45, 7) is 3.14. The summed E-state index contributed by atoms with van der Waals surface area (Å²) in [5.74, 6) is 0.390. The van der Waals surface area contributed by atoms with Gasteiger partial charge >= 0.3 is 0 Å². The van der Waals surface area contributed by atoms with Crippen LogP contribution >= 0.6 is 11.6 Å². The Balaban J connectivity index is 1.52. The number of carbonyl (C=O) groups is 2. The van der Waals surface area contributed by atoms with Crippen LogP contribution in [0.2, 0.25) is 5.02 Å². The maximum Gasteiger partial charge on any atom is 0.227 e. The average molecular weight is 349 g/mol. The normalized spacial score (nSPS) is 21.1. The predicted octanol–water partition coefficient (Wildman–Crippen LogP) is 3.13. The first kappa shape index (κ1) is 17.3. The Hall–Kier alpha value is -1.55. The predicted molar refractivity (Wildman–Crippen MR) is 94.9 cm³/mol. The molecule has 0 saturated carbocycles. The third-order valence-corrected chi connectivity index (χ3v) is 5.29. The lowest BCUT2D eigenvalue weighted by molar-refractivity contribution is -0.140. The van der Waals surface area contributed by atoms with Crippen molar-refractivity contribution < 1.29 is 9.59 Å². The molecule has 1 aromatic rings. The topological polar surface area (TPSA) is 40.6 Å². The van der Waals surface area contributed by atoms with Gasteiger partial charge in [0.25, 0.3) is 0 Å². The van der Waals surface area contributed by atoms with Crippen LogP contribution in [-0.2, 0) is 16.0 Å². The summed E-state index contributed by atoms with van der Waals surface area (Å²) in [5, 5.41) is 0.703. The van der Waals surface area contributed by atoms with Crippen LogP contribution < -0.4 is 0 Å². The monoisotopic (exact) mass is 348 g/mol. The van der Waals surface area contributed by atoms with Gasteiger partial charge in [-0.25, -0.2) is 0 Å². The average Bonchev–Trinajstić information content (AvgIpc) is 3.14. The lowest BCUT2D eigenvalue weighted by Crippen LogP contribution is -2.46. The van der Waals surface area contributed by atoms with Crippen molar-refractivity contribution in [3.8, 4) is 0 Å². The summed E-state index contributed by atoms with van der Waals surface area (Å²) in [5.41, 5.74) is 1.08. The number of hydrogen-bond donors (Lipinski definition) is 0. The highest BCUT2D eigenvalue weighted by Crippen LogP contribution is 2.22. The molecule has 2 heterocycles. The minimum atomic E-state index is -0.00744. The van der Waals surface area contributed by atoms with E-state index in [9.17, 15) is 9.59 Å². The summed E-state index contributed by atoms with van der Waals surface area (Å²) in [4.78, 5) is 28.9. The molecule has 0 aliphatic carbocycles. The molecule has 2 aliphatic rings. The Bertz CT molecular complexity index is 599. The fourth-order valence-electron chi connectivity index (χ4n) is 3.70. The number of likely N-dealkylation sites (tertiary alicyclic amines) is 2. The summed E-state index contributed by atoms with van der Waals surface area (Å²) in [7, 11) is 0. The van der Waals surface area contributed by atoms with Gasteiger partial charge in [0.1, 0.15) is 0 Å². The molecule has 0 bridgehead atoms. The molecule has 1 atom stereocenters. The molecule has 2 amide bonds. The minimum Gasteiger partial charge on any atom is -0.342 e. The first-order valence-electron chi connectivity index (χ1n) is 8.94. The largest absolute Gasteiger partial charge is 0.342 e. The number of nitrogens with zero attached hydrogens (tertiary/aromatic N) is 2. The van der Waals surface area contributed by atoms with Gasteiger partial charge in [-0.3, -0.25) is 9.59 Å². The third kappa shape index (κ3) is 4.29. The number of benzene rings is 1. The molecule has 1 aromatic carbocycles. The molecule has 2 fully saturated rings. The van der Waals surface area contributed by atoms with Gasteiger partial charge < -0.3 is 9.80 Å².